The van der Waals surface area contributed by atoms with Gasteiger partial charge in [0.15, 0.2) is 0 Å². The third kappa shape index (κ3) is 2.32. The molecule has 114 valence electrons. The van der Waals surface area contributed by atoms with E-state index < -0.39 is 0 Å². The highest BCUT2D eigenvalue weighted by Crippen LogP contribution is 2.32. The van der Waals surface area contributed by atoms with Gasteiger partial charge in [-0.1, -0.05) is 15.9 Å². The summed E-state index contributed by atoms with van der Waals surface area (Å²) in [7, 11) is 3.83. The number of benzene rings is 1. The van der Waals surface area contributed by atoms with Crippen molar-refractivity contribution in [2.45, 2.75) is 6.92 Å². The van der Waals surface area contributed by atoms with Gasteiger partial charge in [0, 0.05) is 22.9 Å². The molecule has 22 heavy (non-hydrogen) atoms. The van der Waals surface area contributed by atoms with Crippen molar-refractivity contribution in [1.29, 1.82) is 0 Å². The number of aryl methyl sites for hydroxylation is 1. The number of hydrogen-bond acceptors (Lipinski definition) is 4. The Labute approximate surface area is 137 Å². The predicted octanol–water partition coefficient (Wildman–Crippen LogP) is 2.46. The highest BCUT2D eigenvalue weighted by atomic mass is 79.9. The quantitative estimate of drug-likeness (QED) is 0.788. The Morgan fingerprint density at radius 2 is 1.86 bits per heavy atom. The molecule has 0 N–H and O–H groups in total. The maximum Gasteiger partial charge on any atom is 0.263 e. The second-order valence-electron chi connectivity index (χ2n) is 5.67. The first-order chi connectivity index (χ1) is 10.4. The van der Waals surface area contributed by atoms with Gasteiger partial charge in [0.05, 0.1) is 22.3 Å². The van der Waals surface area contributed by atoms with Crippen molar-refractivity contribution in [1.82, 2.24) is 14.8 Å². The third-order valence-corrected chi connectivity index (χ3v) is 4.31. The van der Waals surface area contributed by atoms with Gasteiger partial charge in [-0.2, -0.15) is 0 Å². The number of aromatic nitrogens is 1. The SMILES string of the molecule is Cc1nc2ccc(Br)cc2c2c1C(=O)N(CCN(C)C)C2=O. The maximum atomic E-state index is 12.7. The Morgan fingerprint density at radius 3 is 2.55 bits per heavy atom. The lowest BCUT2D eigenvalue weighted by molar-refractivity contribution is 0.0645. The third-order valence-electron chi connectivity index (χ3n) is 3.82. The number of nitrogens with zero attached hydrogens (tertiary/aromatic N) is 3. The normalized spacial score (nSPS) is 14.3. The molecule has 3 rings (SSSR count). The summed E-state index contributed by atoms with van der Waals surface area (Å²) >= 11 is 3.41. The smallest absolute Gasteiger partial charge is 0.263 e. The molecule has 0 saturated carbocycles. The molecule has 0 radical (unpaired) electrons. The van der Waals surface area contributed by atoms with E-state index in [4.69, 9.17) is 0 Å². The number of rotatable bonds is 3. The molecule has 0 spiro atoms. The summed E-state index contributed by atoms with van der Waals surface area (Å²) < 4.78 is 0.861. The van der Waals surface area contributed by atoms with Crippen LogP contribution in [-0.2, 0) is 0 Å². The second-order valence-corrected chi connectivity index (χ2v) is 6.59. The average molecular weight is 362 g/mol. The number of hydrogen-bond donors (Lipinski definition) is 0. The summed E-state index contributed by atoms with van der Waals surface area (Å²) in [6, 6.07) is 5.58. The fourth-order valence-electron chi connectivity index (χ4n) is 2.71. The number of fused-ring (bicyclic) bond motifs is 3. The van der Waals surface area contributed by atoms with Crippen LogP contribution in [0.5, 0.6) is 0 Å². The Kier molecular flexibility index (Phi) is 3.74. The molecule has 0 unspecified atom stereocenters. The molecule has 2 amide bonds. The lowest BCUT2D eigenvalue weighted by Crippen LogP contribution is -2.36. The van der Waals surface area contributed by atoms with Crippen molar-refractivity contribution < 1.29 is 9.59 Å². The van der Waals surface area contributed by atoms with E-state index in [0.29, 0.717) is 29.9 Å². The number of amides is 2. The first kappa shape index (κ1) is 15.1. The predicted molar refractivity (Wildman–Crippen MR) is 88.1 cm³/mol. The van der Waals surface area contributed by atoms with E-state index in [1.807, 2.05) is 37.2 Å². The van der Waals surface area contributed by atoms with Crippen molar-refractivity contribution in [3.8, 4) is 0 Å². The molecule has 5 nitrogen and oxygen atoms in total. The van der Waals surface area contributed by atoms with Crippen molar-refractivity contribution in [3.05, 3.63) is 39.5 Å². The largest absolute Gasteiger partial charge is 0.308 e. The van der Waals surface area contributed by atoms with E-state index in [1.54, 1.807) is 6.92 Å². The van der Waals surface area contributed by atoms with Gasteiger partial charge in [-0.3, -0.25) is 19.5 Å². The van der Waals surface area contributed by atoms with E-state index in [9.17, 15) is 9.59 Å². The van der Waals surface area contributed by atoms with Crippen molar-refractivity contribution >= 4 is 38.6 Å². The van der Waals surface area contributed by atoms with E-state index in [-0.39, 0.29) is 11.8 Å². The highest BCUT2D eigenvalue weighted by Gasteiger charge is 2.38. The minimum Gasteiger partial charge on any atom is -0.308 e. The zero-order valence-corrected chi connectivity index (χ0v) is 14.3. The fraction of sp³-hybridized carbons (Fsp3) is 0.312. The van der Waals surface area contributed by atoms with Crippen LogP contribution in [0.3, 0.4) is 0 Å². The average Bonchev–Trinajstić information content (AvgIpc) is 2.70. The minimum atomic E-state index is -0.242. The van der Waals surface area contributed by atoms with E-state index in [1.165, 1.54) is 4.90 Å². The Bertz CT molecular complexity index is 802. The van der Waals surface area contributed by atoms with Crippen molar-refractivity contribution in [2.24, 2.45) is 0 Å². The fourth-order valence-corrected chi connectivity index (χ4v) is 3.07. The van der Waals surface area contributed by atoms with Crippen LogP contribution in [0.1, 0.15) is 26.4 Å². The molecular weight excluding hydrogens is 346 g/mol. The maximum absolute atomic E-state index is 12.7. The van der Waals surface area contributed by atoms with Gasteiger partial charge in [0.25, 0.3) is 11.8 Å². The van der Waals surface area contributed by atoms with Crippen LogP contribution in [0.4, 0.5) is 0 Å². The summed E-state index contributed by atoms with van der Waals surface area (Å²) in [5.41, 5.74) is 2.26. The second kappa shape index (κ2) is 5.44. The van der Waals surface area contributed by atoms with Gasteiger partial charge in [-0.25, -0.2) is 0 Å². The number of imide groups is 1. The van der Waals surface area contributed by atoms with Gasteiger partial charge in [0.2, 0.25) is 0 Å². The molecule has 1 aromatic carbocycles. The topological polar surface area (TPSA) is 53.5 Å². The molecule has 0 bridgehead atoms. The summed E-state index contributed by atoms with van der Waals surface area (Å²) in [4.78, 5) is 33.1. The summed E-state index contributed by atoms with van der Waals surface area (Å²) in [5, 5.41) is 0.723. The molecule has 1 aliphatic rings. The van der Waals surface area contributed by atoms with Crippen LogP contribution in [-0.4, -0.2) is 53.8 Å². The summed E-state index contributed by atoms with van der Waals surface area (Å²) in [6.45, 7) is 2.80. The molecule has 2 aromatic rings. The lowest BCUT2D eigenvalue weighted by Gasteiger charge is -2.16. The van der Waals surface area contributed by atoms with Gasteiger partial charge >= 0.3 is 0 Å². The standard InChI is InChI=1S/C16H16BrN3O2/c1-9-13-14(11-8-10(17)4-5-12(11)18-9)16(22)20(15(13)21)7-6-19(2)3/h4-5,8H,6-7H2,1-3H3. The van der Waals surface area contributed by atoms with E-state index in [2.05, 4.69) is 20.9 Å². The molecule has 6 heteroatoms. The van der Waals surface area contributed by atoms with E-state index >= 15 is 0 Å². The monoisotopic (exact) mass is 361 g/mol. The molecular formula is C16H16BrN3O2. The molecule has 0 saturated heterocycles. The zero-order valence-electron chi connectivity index (χ0n) is 12.7. The van der Waals surface area contributed by atoms with Crippen molar-refractivity contribution in [3.63, 3.8) is 0 Å². The first-order valence-corrected chi connectivity index (χ1v) is 7.80. The Hall–Kier alpha value is -1.79. The van der Waals surface area contributed by atoms with Crippen molar-refractivity contribution in [2.75, 3.05) is 27.2 Å². The zero-order chi connectivity index (χ0) is 16.0. The summed E-state index contributed by atoms with van der Waals surface area (Å²) in [5.74, 6) is -0.468. The summed E-state index contributed by atoms with van der Waals surface area (Å²) in [6.07, 6.45) is 0. The van der Waals surface area contributed by atoms with Gasteiger partial charge in [-0.05, 0) is 39.2 Å². The minimum absolute atomic E-state index is 0.226. The Balaban J connectivity index is 2.16. The molecule has 1 aliphatic heterocycles. The first-order valence-electron chi connectivity index (χ1n) is 7.01. The van der Waals surface area contributed by atoms with Gasteiger partial charge in [-0.15, -0.1) is 0 Å². The lowest BCUT2D eigenvalue weighted by atomic mass is 10.0. The highest BCUT2D eigenvalue weighted by molar-refractivity contribution is 9.10. The van der Waals surface area contributed by atoms with Crippen LogP contribution in [0.15, 0.2) is 22.7 Å². The molecule has 0 atom stereocenters. The number of carbonyl (C=O) groups excluding carboxylic acids is 2. The van der Waals surface area contributed by atoms with Crippen LogP contribution in [0.25, 0.3) is 10.9 Å². The number of pyridine rings is 1. The Morgan fingerprint density at radius 1 is 1.18 bits per heavy atom. The number of carbonyl (C=O) groups is 2. The van der Waals surface area contributed by atoms with Crippen LogP contribution >= 0.6 is 15.9 Å². The van der Waals surface area contributed by atoms with Crippen LogP contribution < -0.4 is 0 Å². The molecule has 0 aliphatic carbocycles. The van der Waals surface area contributed by atoms with Crippen LogP contribution in [0, 0.1) is 6.92 Å². The van der Waals surface area contributed by atoms with Gasteiger partial charge < -0.3 is 4.90 Å². The molecule has 1 aromatic heterocycles. The molecule has 2 heterocycles. The number of halogens is 1. The number of likely N-dealkylation sites (N-methyl/N-ethyl adjacent to an activating group) is 1. The molecule has 0 fully saturated rings. The van der Waals surface area contributed by atoms with Crippen LogP contribution in [0.2, 0.25) is 0 Å². The van der Waals surface area contributed by atoms with Gasteiger partial charge in [0.1, 0.15) is 0 Å². The van der Waals surface area contributed by atoms with E-state index in [0.717, 1.165) is 15.4 Å².